The average molecular weight is 793 g/mol. The van der Waals surface area contributed by atoms with Crippen LogP contribution in [-0.4, -0.2) is 37.2 Å². The second-order valence-electron chi connectivity index (χ2n) is 17.8. The van der Waals surface area contributed by atoms with Crippen molar-refractivity contribution in [3.05, 3.63) is 0 Å². The standard InChI is InChI=1S/C50H96O6/c1-6-8-9-10-11-12-13-14-15-19-25-30-35-40-48(51)54-43-47(56-50(53)42-37-32-27-22-21-24-29-34-39-46(5)7-2)44-55-49(52)41-36-31-26-20-17-16-18-23-28-33-38-45(3)4/h45-47H,6-44H2,1-5H3/t46?,47-/m0/s1. The highest BCUT2D eigenvalue weighted by molar-refractivity contribution is 5.71. The Hall–Kier alpha value is -1.59. The Morgan fingerprint density at radius 3 is 1.02 bits per heavy atom. The molecule has 0 aliphatic carbocycles. The van der Waals surface area contributed by atoms with Crippen molar-refractivity contribution in [1.29, 1.82) is 0 Å². The van der Waals surface area contributed by atoms with Crippen LogP contribution >= 0.6 is 0 Å². The van der Waals surface area contributed by atoms with E-state index >= 15 is 0 Å². The van der Waals surface area contributed by atoms with E-state index in [2.05, 4.69) is 34.6 Å². The van der Waals surface area contributed by atoms with Crippen molar-refractivity contribution in [2.45, 2.75) is 278 Å². The Bertz CT molecular complexity index is 856. The van der Waals surface area contributed by atoms with Crippen LogP contribution in [0.15, 0.2) is 0 Å². The van der Waals surface area contributed by atoms with Crippen LogP contribution in [0.3, 0.4) is 0 Å². The molecule has 0 rings (SSSR count). The summed E-state index contributed by atoms with van der Waals surface area (Å²) >= 11 is 0. The highest BCUT2D eigenvalue weighted by Gasteiger charge is 2.19. The summed E-state index contributed by atoms with van der Waals surface area (Å²) in [7, 11) is 0. The maximum absolute atomic E-state index is 12.7. The minimum atomic E-state index is -0.761. The molecule has 0 aromatic carbocycles. The van der Waals surface area contributed by atoms with E-state index in [1.165, 1.54) is 161 Å². The van der Waals surface area contributed by atoms with E-state index in [1.54, 1.807) is 0 Å². The van der Waals surface area contributed by atoms with Crippen LogP contribution in [0.2, 0.25) is 0 Å². The smallest absolute Gasteiger partial charge is 0.306 e. The molecule has 0 saturated heterocycles. The second-order valence-corrected chi connectivity index (χ2v) is 17.8. The Kier molecular flexibility index (Phi) is 41.8. The highest BCUT2D eigenvalue weighted by atomic mass is 16.6. The molecule has 6 nitrogen and oxygen atoms in total. The predicted molar refractivity (Wildman–Crippen MR) is 238 cm³/mol. The molecule has 1 unspecified atom stereocenters. The lowest BCUT2D eigenvalue weighted by atomic mass is 9.99. The van der Waals surface area contributed by atoms with Crippen molar-refractivity contribution in [2.24, 2.45) is 11.8 Å². The molecule has 0 saturated carbocycles. The maximum atomic E-state index is 12.7. The minimum absolute atomic E-state index is 0.0644. The summed E-state index contributed by atoms with van der Waals surface area (Å²) in [5.74, 6) is 0.810. The largest absolute Gasteiger partial charge is 0.462 e. The first kappa shape index (κ1) is 54.4. The summed E-state index contributed by atoms with van der Waals surface area (Å²) in [6.45, 7) is 11.4. The highest BCUT2D eigenvalue weighted by Crippen LogP contribution is 2.17. The van der Waals surface area contributed by atoms with Gasteiger partial charge in [0.1, 0.15) is 13.2 Å². The minimum Gasteiger partial charge on any atom is -0.462 e. The van der Waals surface area contributed by atoms with Gasteiger partial charge in [-0.05, 0) is 31.1 Å². The fraction of sp³-hybridized carbons (Fsp3) is 0.940. The fourth-order valence-electron chi connectivity index (χ4n) is 7.43. The molecule has 0 aliphatic heterocycles. The zero-order chi connectivity index (χ0) is 41.2. The van der Waals surface area contributed by atoms with Gasteiger partial charge in [-0.3, -0.25) is 14.4 Å². The molecule has 0 aromatic heterocycles. The first-order valence-electron chi connectivity index (χ1n) is 24.8. The monoisotopic (exact) mass is 793 g/mol. The summed E-state index contributed by atoms with van der Waals surface area (Å²) in [6, 6.07) is 0. The molecular weight excluding hydrogens is 697 g/mol. The number of unbranched alkanes of at least 4 members (excludes halogenated alkanes) is 28. The summed E-state index contributed by atoms with van der Waals surface area (Å²) < 4.78 is 16.8. The van der Waals surface area contributed by atoms with Gasteiger partial charge in [-0.25, -0.2) is 0 Å². The van der Waals surface area contributed by atoms with Crippen molar-refractivity contribution < 1.29 is 28.6 Å². The lowest BCUT2D eigenvalue weighted by Gasteiger charge is -2.18. The average Bonchev–Trinajstić information content (AvgIpc) is 3.18. The molecule has 0 bridgehead atoms. The van der Waals surface area contributed by atoms with Crippen molar-refractivity contribution >= 4 is 17.9 Å². The number of rotatable bonds is 44. The molecule has 0 heterocycles. The molecule has 56 heavy (non-hydrogen) atoms. The first-order chi connectivity index (χ1) is 27.3. The fourth-order valence-corrected chi connectivity index (χ4v) is 7.43. The third-order valence-corrected chi connectivity index (χ3v) is 11.6. The van der Waals surface area contributed by atoms with Crippen molar-refractivity contribution in [2.75, 3.05) is 13.2 Å². The van der Waals surface area contributed by atoms with Gasteiger partial charge in [0.2, 0.25) is 0 Å². The second kappa shape index (κ2) is 43.0. The molecule has 0 radical (unpaired) electrons. The third-order valence-electron chi connectivity index (χ3n) is 11.6. The lowest BCUT2D eigenvalue weighted by Crippen LogP contribution is -2.30. The Balaban J connectivity index is 4.34. The molecule has 0 N–H and O–H groups in total. The van der Waals surface area contributed by atoms with Gasteiger partial charge in [0, 0.05) is 19.3 Å². The van der Waals surface area contributed by atoms with Gasteiger partial charge in [-0.15, -0.1) is 0 Å². The van der Waals surface area contributed by atoms with E-state index in [0.29, 0.717) is 19.3 Å². The molecular formula is C50H96O6. The molecule has 2 atom stereocenters. The van der Waals surface area contributed by atoms with Crippen LogP contribution in [0.4, 0.5) is 0 Å². The molecule has 0 spiro atoms. The molecule has 6 heteroatoms. The predicted octanol–water partition coefficient (Wildman–Crippen LogP) is 15.8. The van der Waals surface area contributed by atoms with Crippen molar-refractivity contribution in [3.63, 3.8) is 0 Å². The van der Waals surface area contributed by atoms with Crippen molar-refractivity contribution in [1.82, 2.24) is 0 Å². The van der Waals surface area contributed by atoms with E-state index in [1.807, 2.05) is 0 Å². The van der Waals surface area contributed by atoms with Gasteiger partial charge in [-0.2, -0.15) is 0 Å². The van der Waals surface area contributed by atoms with Gasteiger partial charge < -0.3 is 14.2 Å². The van der Waals surface area contributed by atoms with Crippen LogP contribution in [0.25, 0.3) is 0 Å². The van der Waals surface area contributed by atoms with Crippen LogP contribution in [0.5, 0.6) is 0 Å². The SMILES string of the molecule is CCCCCCCCCCCCCCCC(=O)OC[C@@H](COC(=O)CCCCCCCCCCCCC(C)C)OC(=O)CCCCCCCCCCC(C)CC. The first-order valence-corrected chi connectivity index (χ1v) is 24.8. The van der Waals surface area contributed by atoms with Crippen LogP contribution < -0.4 is 0 Å². The van der Waals surface area contributed by atoms with E-state index in [9.17, 15) is 14.4 Å². The zero-order valence-corrected chi connectivity index (χ0v) is 38.3. The summed E-state index contributed by atoms with van der Waals surface area (Å²) in [5, 5.41) is 0. The lowest BCUT2D eigenvalue weighted by molar-refractivity contribution is -0.167. The molecule has 0 aliphatic rings. The summed E-state index contributed by atoms with van der Waals surface area (Å²) in [6.07, 6.45) is 42.2. The maximum Gasteiger partial charge on any atom is 0.306 e. The van der Waals surface area contributed by atoms with E-state index in [4.69, 9.17) is 14.2 Å². The molecule has 0 aromatic rings. The number of ether oxygens (including phenoxy) is 3. The number of hydrogen-bond acceptors (Lipinski definition) is 6. The molecule has 0 fully saturated rings. The van der Waals surface area contributed by atoms with Gasteiger partial charge >= 0.3 is 17.9 Å². The van der Waals surface area contributed by atoms with Gasteiger partial charge in [0.25, 0.3) is 0 Å². The van der Waals surface area contributed by atoms with Crippen LogP contribution in [-0.2, 0) is 28.6 Å². The zero-order valence-electron chi connectivity index (χ0n) is 38.3. The molecule has 332 valence electrons. The van der Waals surface area contributed by atoms with E-state index in [-0.39, 0.29) is 31.1 Å². The number of carbonyl (C=O) groups excluding carboxylic acids is 3. The Morgan fingerprint density at radius 1 is 0.375 bits per heavy atom. The number of carbonyl (C=O) groups is 3. The summed E-state index contributed by atoms with van der Waals surface area (Å²) in [4.78, 5) is 37.8. The topological polar surface area (TPSA) is 78.9 Å². The molecule has 0 amide bonds. The summed E-state index contributed by atoms with van der Waals surface area (Å²) in [5.41, 5.74) is 0. The Morgan fingerprint density at radius 2 is 0.679 bits per heavy atom. The third kappa shape index (κ3) is 42.0. The van der Waals surface area contributed by atoms with Crippen molar-refractivity contribution in [3.8, 4) is 0 Å². The van der Waals surface area contributed by atoms with E-state index in [0.717, 1.165) is 69.6 Å². The normalized spacial score (nSPS) is 12.5. The van der Waals surface area contributed by atoms with Gasteiger partial charge in [0.15, 0.2) is 6.10 Å². The van der Waals surface area contributed by atoms with E-state index < -0.39 is 6.10 Å². The number of esters is 3. The van der Waals surface area contributed by atoms with Crippen LogP contribution in [0.1, 0.15) is 272 Å². The van der Waals surface area contributed by atoms with Gasteiger partial charge in [0.05, 0.1) is 0 Å². The quantitative estimate of drug-likeness (QED) is 0.0347. The number of hydrogen-bond donors (Lipinski definition) is 0. The Labute approximate surface area is 348 Å². The van der Waals surface area contributed by atoms with Gasteiger partial charge in [-0.1, -0.05) is 234 Å². The van der Waals surface area contributed by atoms with Crippen LogP contribution in [0, 0.1) is 11.8 Å².